The Labute approximate surface area is 103 Å². The van der Waals surface area contributed by atoms with Gasteiger partial charge in [0.25, 0.3) is 0 Å². The van der Waals surface area contributed by atoms with Crippen LogP contribution >= 0.6 is 23.4 Å². The Kier molecular flexibility index (Phi) is 5.63. The van der Waals surface area contributed by atoms with Crippen molar-refractivity contribution in [2.24, 2.45) is 0 Å². The van der Waals surface area contributed by atoms with Gasteiger partial charge in [-0.15, -0.1) is 11.8 Å². The summed E-state index contributed by atoms with van der Waals surface area (Å²) in [6.07, 6.45) is 0.341. The summed E-state index contributed by atoms with van der Waals surface area (Å²) in [7, 11) is 0. The molecule has 2 nitrogen and oxygen atoms in total. The molecular formula is C11H12ClFO2S. The van der Waals surface area contributed by atoms with E-state index in [0.717, 1.165) is 4.90 Å². The molecular weight excluding hydrogens is 251 g/mol. The van der Waals surface area contributed by atoms with Gasteiger partial charge in [0, 0.05) is 10.6 Å². The predicted octanol–water partition coefficient (Wildman–Crippen LogP) is 3.52. The van der Waals surface area contributed by atoms with Gasteiger partial charge in [-0.25, -0.2) is 4.39 Å². The molecule has 0 aliphatic heterocycles. The third-order valence-electron chi connectivity index (χ3n) is 1.77. The first-order valence-electron chi connectivity index (χ1n) is 4.87. The molecule has 0 aromatic heterocycles. The SMILES string of the molecule is CCOC(=O)CCSc1ccc(F)c(Cl)c1. The molecule has 0 aliphatic carbocycles. The number of esters is 1. The zero-order valence-electron chi connectivity index (χ0n) is 8.83. The van der Waals surface area contributed by atoms with E-state index in [1.807, 2.05) is 0 Å². The van der Waals surface area contributed by atoms with Gasteiger partial charge in [0.2, 0.25) is 0 Å². The van der Waals surface area contributed by atoms with Crippen LogP contribution in [0.25, 0.3) is 0 Å². The molecule has 0 aliphatic rings. The van der Waals surface area contributed by atoms with Crippen LogP contribution in [0.3, 0.4) is 0 Å². The summed E-state index contributed by atoms with van der Waals surface area (Å²) in [6, 6.07) is 4.50. The number of hydrogen-bond acceptors (Lipinski definition) is 3. The van der Waals surface area contributed by atoms with Crippen LogP contribution in [0.15, 0.2) is 23.1 Å². The summed E-state index contributed by atoms with van der Waals surface area (Å²) in [6.45, 7) is 2.16. The van der Waals surface area contributed by atoms with Gasteiger partial charge in [-0.3, -0.25) is 4.79 Å². The second-order valence-corrected chi connectivity index (χ2v) is 4.55. The molecule has 16 heavy (non-hydrogen) atoms. The lowest BCUT2D eigenvalue weighted by Crippen LogP contribution is -2.04. The summed E-state index contributed by atoms with van der Waals surface area (Å²) in [5, 5.41) is 0.0983. The molecule has 5 heteroatoms. The van der Waals surface area contributed by atoms with Gasteiger partial charge in [-0.2, -0.15) is 0 Å². The second-order valence-electron chi connectivity index (χ2n) is 2.98. The van der Waals surface area contributed by atoms with Crippen molar-refractivity contribution < 1.29 is 13.9 Å². The molecule has 1 rings (SSSR count). The van der Waals surface area contributed by atoms with Crippen molar-refractivity contribution in [2.75, 3.05) is 12.4 Å². The van der Waals surface area contributed by atoms with Crippen LogP contribution in [0, 0.1) is 5.82 Å². The van der Waals surface area contributed by atoms with Gasteiger partial charge in [0.15, 0.2) is 0 Å². The van der Waals surface area contributed by atoms with E-state index >= 15 is 0 Å². The number of rotatable bonds is 5. The highest BCUT2D eigenvalue weighted by Crippen LogP contribution is 2.24. The second kappa shape index (κ2) is 6.76. The first-order chi connectivity index (χ1) is 7.63. The third-order valence-corrected chi connectivity index (χ3v) is 3.06. The Morgan fingerprint density at radius 3 is 2.94 bits per heavy atom. The van der Waals surface area contributed by atoms with E-state index in [0.29, 0.717) is 18.8 Å². The summed E-state index contributed by atoms with van der Waals surface area (Å²) in [4.78, 5) is 11.9. The average Bonchev–Trinajstić information content (AvgIpc) is 2.24. The molecule has 0 bridgehead atoms. The number of carbonyl (C=O) groups is 1. The van der Waals surface area contributed by atoms with Crippen LogP contribution in [-0.4, -0.2) is 18.3 Å². The van der Waals surface area contributed by atoms with Crippen LogP contribution in [0.1, 0.15) is 13.3 Å². The minimum atomic E-state index is -0.434. The molecule has 0 N–H and O–H groups in total. The monoisotopic (exact) mass is 262 g/mol. The quantitative estimate of drug-likeness (QED) is 0.600. The molecule has 0 spiro atoms. The summed E-state index contributed by atoms with van der Waals surface area (Å²) < 4.78 is 17.6. The molecule has 0 unspecified atom stereocenters. The first kappa shape index (κ1) is 13.3. The van der Waals surface area contributed by atoms with E-state index in [1.54, 1.807) is 19.1 Å². The van der Waals surface area contributed by atoms with E-state index < -0.39 is 5.82 Å². The van der Waals surface area contributed by atoms with E-state index in [2.05, 4.69) is 0 Å². The van der Waals surface area contributed by atoms with Gasteiger partial charge < -0.3 is 4.74 Å². The van der Waals surface area contributed by atoms with Crippen molar-refractivity contribution in [1.29, 1.82) is 0 Å². The summed E-state index contributed by atoms with van der Waals surface area (Å²) >= 11 is 7.07. The van der Waals surface area contributed by atoms with Gasteiger partial charge in [0.1, 0.15) is 5.82 Å². The molecule has 0 amide bonds. The van der Waals surface area contributed by atoms with Crippen molar-refractivity contribution in [1.82, 2.24) is 0 Å². The Balaban J connectivity index is 2.37. The lowest BCUT2D eigenvalue weighted by molar-refractivity contribution is -0.142. The third kappa shape index (κ3) is 4.41. The molecule has 0 atom stereocenters. The fourth-order valence-corrected chi connectivity index (χ4v) is 2.17. The number of thioether (sulfide) groups is 1. The van der Waals surface area contributed by atoms with Crippen molar-refractivity contribution in [3.63, 3.8) is 0 Å². The van der Waals surface area contributed by atoms with Gasteiger partial charge in [-0.05, 0) is 25.1 Å². The number of ether oxygens (including phenoxy) is 1. The largest absolute Gasteiger partial charge is 0.466 e. The molecule has 0 saturated heterocycles. The lowest BCUT2D eigenvalue weighted by atomic mass is 10.3. The first-order valence-corrected chi connectivity index (χ1v) is 6.23. The fourth-order valence-electron chi connectivity index (χ4n) is 1.05. The summed E-state index contributed by atoms with van der Waals surface area (Å²) in [5.74, 6) is -0.0551. The van der Waals surface area contributed by atoms with Crippen LogP contribution in [-0.2, 0) is 9.53 Å². The maximum atomic E-state index is 12.8. The Bertz CT molecular complexity index is 371. The minimum Gasteiger partial charge on any atom is -0.466 e. The summed E-state index contributed by atoms with van der Waals surface area (Å²) in [5.41, 5.74) is 0. The van der Waals surface area contributed by atoms with Gasteiger partial charge >= 0.3 is 5.97 Å². The average molecular weight is 263 g/mol. The number of halogens is 2. The van der Waals surface area contributed by atoms with Gasteiger partial charge in [-0.1, -0.05) is 11.6 Å². The molecule has 0 fully saturated rings. The van der Waals surface area contributed by atoms with E-state index in [1.165, 1.54) is 17.8 Å². The number of hydrogen-bond donors (Lipinski definition) is 0. The van der Waals surface area contributed by atoms with Crippen LogP contribution < -0.4 is 0 Å². The number of carbonyl (C=O) groups excluding carboxylic acids is 1. The predicted molar refractivity (Wildman–Crippen MR) is 63.4 cm³/mol. The minimum absolute atomic E-state index is 0.0983. The fraction of sp³-hybridized carbons (Fsp3) is 0.364. The van der Waals surface area contributed by atoms with E-state index in [9.17, 15) is 9.18 Å². The standard InChI is InChI=1S/C11H12ClFO2S/c1-2-15-11(14)5-6-16-8-3-4-10(13)9(12)7-8/h3-4,7H,2,5-6H2,1H3. The normalized spacial score (nSPS) is 10.2. The smallest absolute Gasteiger partial charge is 0.306 e. The molecule has 0 heterocycles. The molecule has 0 radical (unpaired) electrons. The Morgan fingerprint density at radius 2 is 2.31 bits per heavy atom. The molecule has 1 aromatic rings. The van der Waals surface area contributed by atoms with Crippen molar-refractivity contribution >= 4 is 29.3 Å². The highest BCUT2D eigenvalue weighted by atomic mass is 35.5. The Morgan fingerprint density at radius 1 is 1.56 bits per heavy atom. The maximum absolute atomic E-state index is 12.8. The zero-order chi connectivity index (χ0) is 12.0. The van der Waals surface area contributed by atoms with Gasteiger partial charge in [0.05, 0.1) is 18.1 Å². The van der Waals surface area contributed by atoms with Crippen LogP contribution in [0.5, 0.6) is 0 Å². The Hall–Kier alpha value is -0.740. The topological polar surface area (TPSA) is 26.3 Å². The number of benzene rings is 1. The maximum Gasteiger partial charge on any atom is 0.306 e. The van der Waals surface area contributed by atoms with Crippen molar-refractivity contribution in [3.8, 4) is 0 Å². The molecule has 88 valence electrons. The highest BCUT2D eigenvalue weighted by molar-refractivity contribution is 7.99. The highest BCUT2D eigenvalue weighted by Gasteiger charge is 2.04. The zero-order valence-corrected chi connectivity index (χ0v) is 10.4. The molecule has 1 aromatic carbocycles. The lowest BCUT2D eigenvalue weighted by Gasteiger charge is -2.03. The van der Waals surface area contributed by atoms with Crippen LogP contribution in [0.2, 0.25) is 5.02 Å². The molecule has 0 saturated carbocycles. The van der Waals surface area contributed by atoms with Crippen molar-refractivity contribution in [3.05, 3.63) is 29.0 Å². The van der Waals surface area contributed by atoms with E-state index in [4.69, 9.17) is 16.3 Å². The van der Waals surface area contributed by atoms with E-state index in [-0.39, 0.29) is 11.0 Å². The van der Waals surface area contributed by atoms with Crippen LogP contribution in [0.4, 0.5) is 4.39 Å². The van der Waals surface area contributed by atoms with Crippen molar-refractivity contribution in [2.45, 2.75) is 18.2 Å².